The summed E-state index contributed by atoms with van der Waals surface area (Å²) >= 11 is 0. The maximum atomic E-state index is 11.5. The van der Waals surface area contributed by atoms with Gasteiger partial charge in [0.25, 0.3) is 5.56 Å². The molecule has 2 N–H and O–H groups in total. The summed E-state index contributed by atoms with van der Waals surface area (Å²) in [5.41, 5.74) is 2.37. The number of aromatic nitrogens is 5. The van der Waals surface area contributed by atoms with Gasteiger partial charge in [0.1, 0.15) is 11.6 Å². The number of hydrogen-bond acceptors (Lipinski definition) is 5. The normalized spacial score (nSPS) is 10.6. The Morgan fingerprint density at radius 1 is 1.32 bits per heavy atom. The Morgan fingerprint density at radius 2 is 2.18 bits per heavy atom. The van der Waals surface area contributed by atoms with Gasteiger partial charge < -0.3 is 10.3 Å². The summed E-state index contributed by atoms with van der Waals surface area (Å²) < 4.78 is 1.76. The minimum Gasteiger partial charge on any atom is -0.366 e. The molecule has 0 aliphatic rings. The molecule has 0 radical (unpaired) electrons. The highest BCUT2D eigenvalue weighted by molar-refractivity contribution is 5.55. The van der Waals surface area contributed by atoms with Crippen LogP contribution in [0.3, 0.4) is 0 Å². The van der Waals surface area contributed by atoms with Gasteiger partial charge in [-0.05, 0) is 19.1 Å². The molecule has 0 bridgehead atoms. The fourth-order valence-electron chi connectivity index (χ4n) is 2.11. The maximum Gasteiger partial charge on any atom is 0.251 e. The number of nitrogens with zero attached hydrogens (tertiary/aromatic N) is 4. The summed E-state index contributed by atoms with van der Waals surface area (Å²) in [5.74, 6) is 1.28. The molecule has 0 unspecified atom stereocenters. The summed E-state index contributed by atoms with van der Waals surface area (Å²) in [7, 11) is 1.88. The van der Waals surface area contributed by atoms with E-state index in [1.165, 1.54) is 6.07 Å². The molecule has 7 nitrogen and oxygen atoms in total. The molecule has 0 fully saturated rings. The van der Waals surface area contributed by atoms with E-state index < -0.39 is 0 Å². The Kier molecular flexibility index (Phi) is 3.69. The molecular formula is C15H16N6O. The lowest BCUT2D eigenvalue weighted by Gasteiger charge is -2.05. The predicted octanol–water partition coefficient (Wildman–Crippen LogP) is 1.49. The third-order valence-corrected chi connectivity index (χ3v) is 3.14. The van der Waals surface area contributed by atoms with Crippen molar-refractivity contribution >= 4 is 5.82 Å². The van der Waals surface area contributed by atoms with Gasteiger partial charge in [-0.3, -0.25) is 9.48 Å². The average Bonchev–Trinajstić information content (AvgIpc) is 2.90. The van der Waals surface area contributed by atoms with Crippen molar-refractivity contribution < 1.29 is 0 Å². The maximum absolute atomic E-state index is 11.5. The number of aryl methyl sites for hydroxylation is 2. The van der Waals surface area contributed by atoms with Crippen LogP contribution in [0.25, 0.3) is 11.4 Å². The first-order valence-corrected chi connectivity index (χ1v) is 6.86. The number of aromatic amines is 1. The lowest BCUT2D eigenvalue weighted by molar-refractivity contribution is 0.767. The zero-order valence-corrected chi connectivity index (χ0v) is 12.4. The molecule has 3 aromatic heterocycles. The molecule has 3 heterocycles. The second kappa shape index (κ2) is 5.80. The fourth-order valence-corrected chi connectivity index (χ4v) is 2.11. The van der Waals surface area contributed by atoms with Crippen LogP contribution in [-0.4, -0.2) is 24.7 Å². The van der Waals surface area contributed by atoms with Crippen molar-refractivity contribution in [2.45, 2.75) is 13.5 Å². The zero-order chi connectivity index (χ0) is 15.5. The molecular weight excluding hydrogens is 280 g/mol. The highest BCUT2D eigenvalue weighted by atomic mass is 16.1. The van der Waals surface area contributed by atoms with E-state index in [2.05, 4.69) is 25.4 Å². The van der Waals surface area contributed by atoms with Gasteiger partial charge >= 0.3 is 0 Å². The first kappa shape index (κ1) is 14.0. The first-order valence-electron chi connectivity index (χ1n) is 6.86. The number of H-pyrrole nitrogens is 1. The Balaban J connectivity index is 1.73. The molecule has 0 aromatic carbocycles. The van der Waals surface area contributed by atoms with Gasteiger partial charge in [-0.25, -0.2) is 9.97 Å². The Morgan fingerprint density at radius 3 is 2.82 bits per heavy atom. The number of pyridine rings is 1. The quantitative estimate of drug-likeness (QED) is 0.761. The van der Waals surface area contributed by atoms with E-state index in [4.69, 9.17) is 0 Å². The topological polar surface area (TPSA) is 88.5 Å². The molecule has 0 saturated carbocycles. The zero-order valence-electron chi connectivity index (χ0n) is 12.4. The highest BCUT2D eigenvalue weighted by Gasteiger charge is 2.03. The second-order valence-corrected chi connectivity index (χ2v) is 5.04. The molecule has 3 aromatic rings. The standard InChI is InChI=1S/C15H16N6O/c1-10-5-14(22)20-15(19-10)12-3-4-13(17-8-12)16-6-11-7-18-21(2)9-11/h3-5,7-9H,6H2,1-2H3,(H,16,17)(H,19,20,22). The highest BCUT2D eigenvalue weighted by Crippen LogP contribution is 2.15. The molecule has 0 spiro atoms. The summed E-state index contributed by atoms with van der Waals surface area (Å²) in [4.78, 5) is 22.8. The third-order valence-electron chi connectivity index (χ3n) is 3.14. The largest absolute Gasteiger partial charge is 0.366 e. The van der Waals surface area contributed by atoms with Gasteiger partial charge in [-0.15, -0.1) is 0 Å². The van der Waals surface area contributed by atoms with Crippen molar-refractivity contribution in [3.8, 4) is 11.4 Å². The molecule has 0 saturated heterocycles. The first-order chi connectivity index (χ1) is 10.6. The van der Waals surface area contributed by atoms with Crippen molar-refractivity contribution in [1.29, 1.82) is 0 Å². The van der Waals surface area contributed by atoms with Gasteiger partial charge in [-0.2, -0.15) is 5.10 Å². The Labute approximate surface area is 127 Å². The van der Waals surface area contributed by atoms with Gasteiger partial charge in [0, 0.05) is 48.9 Å². The predicted molar refractivity (Wildman–Crippen MR) is 83.4 cm³/mol. The summed E-state index contributed by atoms with van der Waals surface area (Å²) in [6.45, 7) is 2.44. The van der Waals surface area contributed by atoms with E-state index in [1.807, 2.05) is 31.6 Å². The van der Waals surface area contributed by atoms with Gasteiger partial charge in [0.15, 0.2) is 0 Å². The van der Waals surface area contributed by atoms with Crippen LogP contribution in [0.5, 0.6) is 0 Å². The van der Waals surface area contributed by atoms with Crippen LogP contribution in [0.15, 0.2) is 41.6 Å². The van der Waals surface area contributed by atoms with E-state index in [-0.39, 0.29) is 5.56 Å². The van der Waals surface area contributed by atoms with Crippen molar-refractivity contribution in [3.63, 3.8) is 0 Å². The van der Waals surface area contributed by atoms with Crippen LogP contribution in [0.2, 0.25) is 0 Å². The van der Waals surface area contributed by atoms with Crippen LogP contribution >= 0.6 is 0 Å². The monoisotopic (exact) mass is 296 g/mol. The molecule has 0 aliphatic carbocycles. The molecule has 0 amide bonds. The van der Waals surface area contributed by atoms with E-state index in [1.54, 1.807) is 17.8 Å². The SMILES string of the molecule is Cc1cc(=O)[nH]c(-c2ccc(NCc3cnn(C)c3)nc2)n1. The number of rotatable bonds is 4. The molecule has 112 valence electrons. The van der Waals surface area contributed by atoms with Crippen LogP contribution in [0.1, 0.15) is 11.3 Å². The molecule has 0 aliphatic heterocycles. The average molecular weight is 296 g/mol. The van der Waals surface area contributed by atoms with Crippen LogP contribution in [0.4, 0.5) is 5.82 Å². The smallest absolute Gasteiger partial charge is 0.251 e. The lowest BCUT2D eigenvalue weighted by Crippen LogP contribution is -2.08. The summed E-state index contributed by atoms with van der Waals surface area (Å²) in [6.07, 6.45) is 5.44. The van der Waals surface area contributed by atoms with Crippen molar-refractivity contribution in [3.05, 3.63) is 58.4 Å². The second-order valence-electron chi connectivity index (χ2n) is 5.04. The van der Waals surface area contributed by atoms with Crippen molar-refractivity contribution in [1.82, 2.24) is 24.7 Å². The van der Waals surface area contributed by atoms with Gasteiger partial charge in [0.05, 0.1) is 6.20 Å². The van der Waals surface area contributed by atoms with E-state index in [9.17, 15) is 4.79 Å². The van der Waals surface area contributed by atoms with Crippen molar-refractivity contribution in [2.24, 2.45) is 7.05 Å². The molecule has 22 heavy (non-hydrogen) atoms. The van der Waals surface area contributed by atoms with E-state index >= 15 is 0 Å². The molecule has 3 rings (SSSR count). The van der Waals surface area contributed by atoms with Crippen LogP contribution in [0, 0.1) is 6.92 Å². The number of anilines is 1. The Hall–Kier alpha value is -2.96. The van der Waals surface area contributed by atoms with Gasteiger partial charge in [-0.1, -0.05) is 0 Å². The Bertz CT molecular complexity index is 834. The molecule has 0 atom stereocenters. The van der Waals surface area contributed by atoms with E-state index in [0.717, 1.165) is 16.9 Å². The summed E-state index contributed by atoms with van der Waals surface area (Å²) in [5, 5.41) is 7.33. The lowest BCUT2D eigenvalue weighted by atomic mass is 10.2. The number of hydrogen-bond donors (Lipinski definition) is 2. The van der Waals surface area contributed by atoms with Crippen LogP contribution < -0.4 is 10.9 Å². The van der Waals surface area contributed by atoms with Crippen LogP contribution in [-0.2, 0) is 13.6 Å². The third kappa shape index (κ3) is 3.20. The van der Waals surface area contributed by atoms with E-state index in [0.29, 0.717) is 18.1 Å². The van der Waals surface area contributed by atoms with Crippen molar-refractivity contribution in [2.75, 3.05) is 5.32 Å². The fraction of sp³-hybridized carbons (Fsp3) is 0.200. The minimum absolute atomic E-state index is 0.165. The molecule has 7 heteroatoms. The number of nitrogens with one attached hydrogen (secondary N) is 2. The summed E-state index contributed by atoms with van der Waals surface area (Å²) in [6, 6.07) is 5.19. The van der Waals surface area contributed by atoms with Gasteiger partial charge in [0.2, 0.25) is 0 Å². The minimum atomic E-state index is -0.165.